The Morgan fingerprint density at radius 2 is 2.25 bits per heavy atom. The molecule has 2 heterocycles. The van der Waals surface area contributed by atoms with E-state index in [1.165, 1.54) is 0 Å². The Bertz CT molecular complexity index is 329. The van der Waals surface area contributed by atoms with Crippen molar-refractivity contribution < 1.29 is 0 Å². The SMILES string of the molecule is NC(=NCCn1cccn1)N1CCSCC1. The van der Waals surface area contributed by atoms with Crippen molar-refractivity contribution in [2.75, 3.05) is 31.1 Å². The van der Waals surface area contributed by atoms with E-state index >= 15 is 0 Å². The molecule has 5 nitrogen and oxygen atoms in total. The van der Waals surface area contributed by atoms with E-state index in [2.05, 4.69) is 15.0 Å². The van der Waals surface area contributed by atoms with E-state index in [0.717, 1.165) is 31.1 Å². The number of aliphatic imine (C=N–C) groups is 1. The summed E-state index contributed by atoms with van der Waals surface area (Å²) in [7, 11) is 0. The maximum atomic E-state index is 5.92. The van der Waals surface area contributed by atoms with E-state index in [1.54, 1.807) is 6.20 Å². The first-order valence-corrected chi connectivity index (χ1v) is 6.62. The van der Waals surface area contributed by atoms with E-state index in [4.69, 9.17) is 5.73 Å². The van der Waals surface area contributed by atoms with Crippen LogP contribution in [0.15, 0.2) is 23.5 Å². The Balaban J connectivity index is 1.77. The van der Waals surface area contributed by atoms with Gasteiger partial charge in [-0.1, -0.05) is 0 Å². The van der Waals surface area contributed by atoms with Crippen LogP contribution >= 0.6 is 11.8 Å². The average molecular weight is 239 g/mol. The van der Waals surface area contributed by atoms with Crippen LogP contribution in [0.2, 0.25) is 0 Å². The molecule has 0 spiro atoms. The highest BCUT2D eigenvalue weighted by atomic mass is 32.2. The number of guanidine groups is 1. The highest BCUT2D eigenvalue weighted by Crippen LogP contribution is 2.08. The minimum atomic E-state index is 0.674. The number of hydrogen-bond donors (Lipinski definition) is 1. The van der Waals surface area contributed by atoms with Gasteiger partial charge in [-0.15, -0.1) is 0 Å². The Morgan fingerprint density at radius 1 is 1.44 bits per heavy atom. The molecule has 1 aromatic heterocycles. The first-order valence-electron chi connectivity index (χ1n) is 5.46. The van der Waals surface area contributed by atoms with Crippen LogP contribution < -0.4 is 5.73 Å². The van der Waals surface area contributed by atoms with E-state index < -0.39 is 0 Å². The van der Waals surface area contributed by atoms with Crippen molar-refractivity contribution in [3.63, 3.8) is 0 Å². The highest BCUT2D eigenvalue weighted by Gasteiger charge is 2.11. The van der Waals surface area contributed by atoms with Gasteiger partial charge in [-0.2, -0.15) is 16.9 Å². The van der Waals surface area contributed by atoms with Crippen molar-refractivity contribution in [2.45, 2.75) is 6.54 Å². The Hall–Kier alpha value is -1.17. The third-order valence-electron chi connectivity index (χ3n) is 2.50. The number of aromatic nitrogens is 2. The molecular formula is C10H17N5S. The van der Waals surface area contributed by atoms with Crippen LogP contribution in [-0.4, -0.2) is 51.8 Å². The first kappa shape index (κ1) is 11.3. The molecule has 1 saturated heterocycles. The molecule has 2 N–H and O–H groups in total. The van der Waals surface area contributed by atoms with Crippen LogP contribution in [0.3, 0.4) is 0 Å². The van der Waals surface area contributed by atoms with Crippen LogP contribution in [0.1, 0.15) is 0 Å². The monoisotopic (exact) mass is 239 g/mol. The normalized spacial score (nSPS) is 17.8. The average Bonchev–Trinajstić information content (AvgIpc) is 2.83. The molecule has 6 heteroatoms. The Kier molecular flexibility index (Phi) is 4.10. The second-order valence-corrected chi connectivity index (χ2v) is 4.83. The van der Waals surface area contributed by atoms with Crippen LogP contribution in [0, 0.1) is 0 Å². The van der Waals surface area contributed by atoms with Crippen LogP contribution in [0.25, 0.3) is 0 Å². The second-order valence-electron chi connectivity index (χ2n) is 3.61. The Morgan fingerprint density at radius 3 is 2.94 bits per heavy atom. The van der Waals surface area contributed by atoms with Crippen molar-refractivity contribution in [1.29, 1.82) is 0 Å². The molecular weight excluding hydrogens is 222 g/mol. The maximum Gasteiger partial charge on any atom is 0.191 e. The highest BCUT2D eigenvalue weighted by molar-refractivity contribution is 7.99. The zero-order chi connectivity index (χ0) is 11.2. The van der Waals surface area contributed by atoms with Gasteiger partial charge in [0, 0.05) is 37.0 Å². The third kappa shape index (κ3) is 3.16. The van der Waals surface area contributed by atoms with Gasteiger partial charge in [0.1, 0.15) is 0 Å². The smallest absolute Gasteiger partial charge is 0.191 e. The number of nitrogens with zero attached hydrogens (tertiary/aromatic N) is 4. The molecule has 0 aliphatic carbocycles. The van der Waals surface area contributed by atoms with Crippen molar-refractivity contribution in [3.8, 4) is 0 Å². The molecule has 0 amide bonds. The van der Waals surface area contributed by atoms with Gasteiger partial charge in [0.25, 0.3) is 0 Å². The fraction of sp³-hybridized carbons (Fsp3) is 0.600. The summed E-state index contributed by atoms with van der Waals surface area (Å²) >= 11 is 1.97. The third-order valence-corrected chi connectivity index (χ3v) is 3.44. The zero-order valence-corrected chi connectivity index (χ0v) is 10.1. The van der Waals surface area contributed by atoms with Gasteiger partial charge in [0.05, 0.1) is 13.1 Å². The zero-order valence-electron chi connectivity index (χ0n) is 9.25. The number of rotatable bonds is 3. The van der Waals surface area contributed by atoms with Gasteiger partial charge in [0.2, 0.25) is 0 Å². The second kappa shape index (κ2) is 5.79. The summed E-state index contributed by atoms with van der Waals surface area (Å²) in [4.78, 5) is 6.53. The topological polar surface area (TPSA) is 59.4 Å². The fourth-order valence-corrected chi connectivity index (χ4v) is 2.50. The van der Waals surface area contributed by atoms with Gasteiger partial charge in [-0.3, -0.25) is 9.67 Å². The molecule has 0 unspecified atom stereocenters. The molecule has 1 fully saturated rings. The van der Waals surface area contributed by atoms with Crippen LogP contribution in [-0.2, 0) is 6.54 Å². The van der Waals surface area contributed by atoms with Crippen molar-refractivity contribution in [1.82, 2.24) is 14.7 Å². The minimum Gasteiger partial charge on any atom is -0.370 e. The van der Waals surface area contributed by atoms with Gasteiger partial charge in [-0.05, 0) is 6.07 Å². The van der Waals surface area contributed by atoms with E-state index in [1.807, 2.05) is 28.7 Å². The Labute approximate surface area is 99.7 Å². The predicted octanol–water partition coefficient (Wildman–Crippen LogP) is 0.247. The number of thioether (sulfide) groups is 1. The summed E-state index contributed by atoms with van der Waals surface area (Å²) in [6.45, 7) is 3.51. The quantitative estimate of drug-likeness (QED) is 0.606. The largest absolute Gasteiger partial charge is 0.370 e. The summed E-state index contributed by atoms with van der Waals surface area (Å²) in [6, 6.07) is 1.91. The molecule has 0 saturated carbocycles. The van der Waals surface area contributed by atoms with Crippen molar-refractivity contribution >= 4 is 17.7 Å². The molecule has 1 aliphatic rings. The molecule has 0 radical (unpaired) electrons. The van der Waals surface area contributed by atoms with Crippen LogP contribution in [0.5, 0.6) is 0 Å². The molecule has 88 valence electrons. The molecule has 0 atom stereocenters. The lowest BCUT2D eigenvalue weighted by Gasteiger charge is -2.27. The van der Waals surface area contributed by atoms with E-state index in [9.17, 15) is 0 Å². The lowest BCUT2D eigenvalue weighted by Crippen LogP contribution is -2.42. The molecule has 1 aromatic rings. The summed E-state index contributed by atoms with van der Waals surface area (Å²) in [5, 5.41) is 4.12. The standard InChI is InChI=1S/C10H17N5S/c11-10(14-6-8-16-9-7-14)12-3-5-15-4-1-2-13-15/h1-2,4H,3,5-9H2,(H2,11,12). The van der Waals surface area contributed by atoms with E-state index in [0.29, 0.717) is 12.5 Å². The number of nitrogens with two attached hydrogens (primary N) is 1. The fourth-order valence-electron chi connectivity index (χ4n) is 1.59. The molecule has 0 aromatic carbocycles. The molecule has 2 rings (SSSR count). The lowest BCUT2D eigenvalue weighted by atomic mass is 10.5. The van der Waals surface area contributed by atoms with Gasteiger partial charge >= 0.3 is 0 Å². The first-order chi connectivity index (χ1) is 7.86. The maximum absolute atomic E-state index is 5.92. The molecule has 0 bridgehead atoms. The summed E-state index contributed by atoms with van der Waals surface area (Å²) in [6.07, 6.45) is 3.71. The molecule has 1 aliphatic heterocycles. The lowest BCUT2D eigenvalue weighted by molar-refractivity contribution is 0.454. The number of hydrogen-bond acceptors (Lipinski definition) is 3. The van der Waals surface area contributed by atoms with Gasteiger partial charge in [0.15, 0.2) is 5.96 Å². The van der Waals surface area contributed by atoms with Crippen molar-refractivity contribution in [2.24, 2.45) is 10.7 Å². The summed E-state index contributed by atoms with van der Waals surface area (Å²) in [5.41, 5.74) is 5.92. The molecule has 16 heavy (non-hydrogen) atoms. The van der Waals surface area contributed by atoms with Gasteiger partial charge in [-0.25, -0.2) is 0 Å². The van der Waals surface area contributed by atoms with E-state index in [-0.39, 0.29) is 0 Å². The van der Waals surface area contributed by atoms with Crippen LogP contribution in [0.4, 0.5) is 0 Å². The summed E-state index contributed by atoms with van der Waals surface area (Å²) < 4.78 is 1.86. The van der Waals surface area contributed by atoms with Crippen molar-refractivity contribution in [3.05, 3.63) is 18.5 Å². The predicted molar refractivity (Wildman–Crippen MR) is 67.6 cm³/mol. The van der Waals surface area contributed by atoms with Gasteiger partial charge < -0.3 is 10.6 Å². The minimum absolute atomic E-state index is 0.674. The summed E-state index contributed by atoms with van der Waals surface area (Å²) in [5.74, 6) is 2.97.